The molecule has 0 aliphatic carbocycles. The quantitative estimate of drug-likeness (QED) is 0.549. The molecule has 1 aromatic heterocycles. The smallest absolute Gasteiger partial charge is 0.243 e. The van der Waals surface area contributed by atoms with E-state index in [1.807, 2.05) is 32.0 Å². The van der Waals surface area contributed by atoms with Crippen LogP contribution < -0.4 is 14.8 Å². The van der Waals surface area contributed by atoms with E-state index in [0.29, 0.717) is 37.7 Å². The van der Waals surface area contributed by atoms with Gasteiger partial charge in [0.25, 0.3) is 0 Å². The Morgan fingerprint density at radius 3 is 2.63 bits per heavy atom. The molecule has 0 aliphatic heterocycles. The van der Waals surface area contributed by atoms with E-state index in [4.69, 9.17) is 9.47 Å². The summed E-state index contributed by atoms with van der Waals surface area (Å²) in [4.78, 5) is 13.3. The van der Waals surface area contributed by atoms with Crippen LogP contribution in [0.25, 0.3) is 11.4 Å². The van der Waals surface area contributed by atoms with E-state index in [0.717, 1.165) is 10.4 Å². The lowest BCUT2D eigenvalue weighted by molar-refractivity contribution is -0.122. The Kier molecular flexibility index (Phi) is 7.31. The van der Waals surface area contributed by atoms with Gasteiger partial charge >= 0.3 is 0 Å². The summed E-state index contributed by atoms with van der Waals surface area (Å²) >= 11 is 0. The second-order valence-corrected chi connectivity index (χ2v) is 6.37. The van der Waals surface area contributed by atoms with Gasteiger partial charge < -0.3 is 14.8 Å². The van der Waals surface area contributed by atoms with Gasteiger partial charge in [-0.3, -0.25) is 4.79 Å². The third kappa shape index (κ3) is 5.53. The Morgan fingerprint density at radius 1 is 1.10 bits per heavy atom. The fraction of sp³-hybridized carbons (Fsp3) is 0.333. The summed E-state index contributed by atoms with van der Waals surface area (Å²) in [5.41, 5.74) is 1.26. The van der Waals surface area contributed by atoms with E-state index in [1.165, 1.54) is 6.07 Å². The van der Waals surface area contributed by atoms with E-state index in [-0.39, 0.29) is 23.8 Å². The minimum absolute atomic E-state index is 0.102. The topological polar surface area (TPSA) is 91.2 Å². The average Bonchev–Trinajstić information content (AvgIpc) is 3.18. The molecule has 0 saturated heterocycles. The van der Waals surface area contributed by atoms with Crippen LogP contribution in [0.5, 0.6) is 11.5 Å². The second kappa shape index (κ2) is 10.3. The maximum Gasteiger partial charge on any atom is 0.243 e. The van der Waals surface area contributed by atoms with E-state index in [2.05, 4.69) is 20.7 Å². The number of ether oxygens (including phenoxy) is 2. The van der Waals surface area contributed by atoms with Crippen molar-refractivity contribution in [3.05, 3.63) is 53.8 Å². The van der Waals surface area contributed by atoms with Crippen LogP contribution in [0.2, 0.25) is 0 Å². The molecule has 8 nitrogen and oxygen atoms in total. The van der Waals surface area contributed by atoms with Crippen molar-refractivity contribution < 1.29 is 18.7 Å². The third-order valence-corrected chi connectivity index (χ3v) is 4.20. The molecule has 0 aliphatic rings. The Balaban J connectivity index is 1.52. The summed E-state index contributed by atoms with van der Waals surface area (Å²) in [6.45, 7) is 5.27. The van der Waals surface area contributed by atoms with Crippen LogP contribution in [-0.2, 0) is 17.8 Å². The Hall–Kier alpha value is -3.49. The van der Waals surface area contributed by atoms with Crippen molar-refractivity contribution in [2.45, 2.75) is 26.8 Å². The van der Waals surface area contributed by atoms with Gasteiger partial charge in [0.05, 0.1) is 18.8 Å². The third-order valence-electron chi connectivity index (χ3n) is 4.20. The number of rotatable bonds is 10. The monoisotopic (exact) mass is 413 g/mol. The van der Waals surface area contributed by atoms with Crippen LogP contribution in [-0.4, -0.2) is 45.9 Å². The van der Waals surface area contributed by atoms with Gasteiger partial charge in [-0.05, 0) is 55.3 Å². The van der Waals surface area contributed by atoms with Gasteiger partial charge in [-0.25, -0.2) is 4.39 Å². The van der Waals surface area contributed by atoms with Crippen LogP contribution >= 0.6 is 0 Å². The maximum absolute atomic E-state index is 13.8. The molecule has 9 heteroatoms. The largest absolute Gasteiger partial charge is 0.490 e. The van der Waals surface area contributed by atoms with Crippen molar-refractivity contribution in [2.24, 2.45) is 0 Å². The van der Waals surface area contributed by atoms with Crippen LogP contribution in [0.3, 0.4) is 0 Å². The predicted molar refractivity (Wildman–Crippen MR) is 109 cm³/mol. The van der Waals surface area contributed by atoms with Crippen molar-refractivity contribution in [3.63, 3.8) is 0 Å². The van der Waals surface area contributed by atoms with Gasteiger partial charge in [0.1, 0.15) is 12.4 Å². The molecule has 0 spiro atoms. The Labute approximate surface area is 174 Å². The molecular weight excluding hydrogens is 389 g/mol. The number of halogens is 1. The number of benzene rings is 2. The molecule has 0 saturated carbocycles. The van der Waals surface area contributed by atoms with Gasteiger partial charge in [0.2, 0.25) is 11.7 Å². The summed E-state index contributed by atoms with van der Waals surface area (Å²) in [7, 11) is 0. The molecule has 3 rings (SSSR count). The number of hydrogen-bond donors (Lipinski definition) is 1. The minimum Gasteiger partial charge on any atom is -0.490 e. The minimum atomic E-state index is -0.441. The zero-order chi connectivity index (χ0) is 21.3. The molecular formula is C21H24FN5O3. The van der Waals surface area contributed by atoms with Crippen LogP contribution in [0, 0.1) is 5.82 Å². The molecule has 0 fully saturated rings. The molecule has 0 atom stereocenters. The first-order valence-corrected chi connectivity index (χ1v) is 9.78. The fourth-order valence-electron chi connectivity index (χ4n) is 2.84. The number of carbonyl (C=O) groups excluding carboxylic acids is 1. The van der Waals surface area contributed by atoms with Gasteiger partial charge in [0, 0.05) is 6.54 Å². The average molecular weight is 413 g/mol. The summed E-state index contributed by atoms with van der Waals surface area (Å²) in [6.07, 6.45) is 0.628. The van der Waals surface area contributed by atoms with E-state index in [1.54, 1.807) is 18.2 Å². The first kappa shape index (κ1) is 21.2. The highest BCUT2D eigenvalue weighted by Crippen LogP contribution is 2.28. The lowest BCUT2D eigenvalue weighted by atomic mass is 10.1. The maximum atomic E-state index is 13.8. The van der Waals surface area contributed by atoms with E-state index in [9.17, 15) is 9.18 Å². The first-order valence-electron chi connectivity index (χ1n) is 9.78. The molecule has 0 bridgehead atoms. The second-order valence-electron chi connectivity index (χ2n) is 6.37. The molecule has 3 aromatic rings. The Morgan fingerprint density at radius 2 is 1.87 bits per heavy atom. The summed E-state index contributed by atoms with van der Waals surface area (Å²) in [5.74, 6) is 0.830. The predicted octanol–water partition coefficient (Wildman–Crippen LogP) is 2.64. The summed E-state index contributed by atoms with van der Waals surface area (Å²) < 4.78 is 25.0. The van der Waals surface area contributed by atoms with Crippen molar-refractivity contribution >= 4 is 5.91 Å². The number of hydrogen-bond acceptors (Lipinski definition) is 6. The van der Waals surface area contributed by atoms with Gasteiger partial charge in [-0.1, -0.05) is 18.2 Å². The SMILES string of the molecule is CCOc1ccc(CCNC(=O)Cn2nnc(-c3ccccc3F)n2)cc1OCC. The number of carbonyl (C=O) groups is 1. The van der Waals surface area contributed by atoms with Gasteiger partial charge in [0.15, 0.2) is 11.5 Å². The van der Waals surface area contributed by atoms with Crippen molar-refractivity contribution in [3.8, 4) is 22.9 Å². The highest BCUT2D eigenvalue weighted by Gasteiger charge is 2.12. The normalized spacial score (nSPS) is 10.6. The molecule has 0 radical (unpaired) electrons. The van der Waals surface area contributed by atoms with Crippen molar-refractivity contribution in [1.29, 1.82) is 0 Å². The van der Waals surface area contributed by atoms with Crippen LogP contribution in [0.1, 0.15) is 19.4 Å². The van der Waals surface area contributed by atoms with Crippen LogP contribution in [0.15, 0.2) is 42.5 Å². The number of aromatic nitrogens is 4. The molecule has 1 amide bonds. The van der Waals surface area contributed by atoms with Crippen molar-refractivity contribution in [2.75, 3.05) is 19.8 Å². The zero-order valence-corrected chi connectivity index (χ0v) is 17.0. The summed E-state index contributed by atoms with van der Waals surface area (Å²) in [6, 6.07) is 11.9. The van der Waals surface area contributed by atoms with Crippen LogP contribution in [0.4, 0.5) is 4.39 Å². The standard InChI is InChI=1S/C21H24FN5O3/c1-3-29-18-10-9-15(13-19(18)30-4-2)11-12-23-20(28)14-27-25-21(24-26-27)16-7-5-6-8-17(16)22/h5-10,13H,3-4,11-12,14H2,1-2H3,(H,23,28). The molecule has 30 heavy (non-hydrogen) atoms. The Bertz CT molecular complexity index is 992. The summed E-state index contributed by atoms with van der Waals surface area (Å²) in [5, 5.41) is 14.5. The number of nitrogens with one attached hydrogen (secondary N) is 1. The van der Waals surface area contributed by atoms with E-state index >= 15 is 0 Å². The molecule has 0 unspecified atom stereocenters. The molecule has 1 N–H and O–H groups in total. The highest BCUT2D eigenvalue weighted by atomic mass is 19.1. The first-order chi connectivity index (χ1) is 14.6. The highest BCUT2D eigenvalue weighted by molar-refractivity contribution is 5.75. The number of tetrazole rings is 1. The lowest BCUT2D eigenvalue weighted by Gasteiger charge is -2.12. The van der Waals surface area contributed by atoms with Gasteiger partial charge in [-0.15, -0.1) is 10.2 Å². The zero-order valence-electron chi connectivity index (χ0n) is 17.0. The molecule has 158 valence electrons. The molecule has 2 aromatic carbocycles. The van der Waals surface area contributed by atoms with E-state index < -0.39 is 5.82 Å². The number of amides is 1. The van der Waals surface area contributed by atoms with Gasteiger partial charge in [-0.2, -0.15) is 4.80 Å². The fourth-order valence-corrected chi connectivity index (χ4v) is 2.84. The van der Waals surface area contributed by atoms with Crippen molar-refractivity contribution in [1.82, 2.24) is 25.5 Å². The number of nitrogens with zero attached hydrogens (tertiary/aromatic N) is 4. The molecule has 1 heterocycles. The lowest BCUT2D eigenvalue weighted by Crippen LogP contribution is -2.30.